The van der Waals surface area contributed by atoms with Crippen molar-refractivity contribution in [2.24, 2.45) is 0 Å². The zero-order valence-electron chi connectivity index (χ0n) is 11.0. The summed E-state index contributed by atoms with van der Waals surface area (Å²) in [7, 11) is 0. The predicted molar refractivity (Wildman–Crippen MR) is 67.4 cm³/mol. The molecule has 2 nitrogen and oxygen atoms in total. The van der Waals surface area contributed by atoms with E-state index in [1.165, 1.54) is 17.7 Å². The van der Waals surface area contributed by atoms with Crippen LogP contribution in [0, 0.1) is 6.92 Å². The third-order valence-corrected chi connectivity index (χ3v) is 2.99. The summed E-state index contributed by atoms with van der Waals surface area (Å²) in [6.07, 6.45) is -2.66. The van der Waals surface area contributed by atoms with Crippen molar-refractivity contribution in [2.45, 2.75) is 32.9 Å². The van der Waals surface area contributed by atoms with Gasteiger partial charge in [-0.15, -0.1) is 0 Å². The van der Waals surface area contributed by atoms with Crippen molar-refractivity contribution in [1.82, 2.24) is 9.78 Å². The lowest BCUT2D eigenvalue weighted by atomic mass is 10.1. The average Bonchev–Trinajstić information content (AvgIpc) is 2.77. The first-order chi connectivity index (χ1) is 8.79. The van der Waals surface area contributed by atoms with Crippen LogP contribution in [0.2, 0.25) is 0 Å². The molecule has 19 heavy (non-hydrogen) atoms. The second-order valence-corrected chi connectivity index (χ2v) is 4.84. The normalized spacial score (nSPS) is 12.2. The first-order valence-corrected chi connectivity index (χ1v) is 6.03. The number of rotatable bonds is 2. The Morgan fingerprint density at radius 1 is 1.16 bits per heavy atom. The molecule has 1 heterocycles. The summed E-state index contributed by atoms with van der Waals surface area (Å²) in [6.45, 7) is 5.43. The summed E-state index contributed by atoms with van der Waals surface area (Å²) in [5.41, 5.74) is 0.873. The highest BCUT2D eigenvalue weighted by Crippen LogP contribution is 2.33. The maximum absolute atomic E-state index is 12.8. The first kappa shape index (κ1) is 13.6. The van der Waals surface area contributed by atoms with E-state index in [1.807, 2.05) is 19.9 Å². The third kappa shape index (κ3) is 2.80. The first-order valence-electron chi connectivity index (χ1n) is 6.03. The number of hydrogen-bond acceptors (Lipinski definition) is 1. The molecular formula is C14H15F3N2. The SMILES string of the molecule is Cc1ccc(-n2ccc(C(C)C)n2)cc1C(F)(F)F. The molecule has 1 aromatic carbocycles. The Morgan fingerprint density at radius 3 is 2.37 bits per heavy atom. The summed E-state index contributed by atoms with van der Waals surface area (Å²) in [6, 6.07) is 6.06. The van der Waals surface area contributed by atoms with Gasteiger partial charge >= 0.3 is 6.18 Å². The van der Waals surface area contributed by atoms with Crippen LogP contribution in [0.5, 0.6) is 0 Å². The molecule has 0 fully saturated rings. The molecule has 2 rings (SSSR count). The van der Waals surface area contributed by atoms with Gasteiger partial charge in [-0.3, -0.25) is 0 Å². The zero-order valence-corrected chi connectivity index (χ0v) is 11.0. The van der Waals surface area contributed by atoms with Crippen molar-refractivity contribution < 1.29 is 13.2 Å². The van der Waals surface area contributed by atoms with Crippen LogP contribution in [0.1, 0.15) is 36.6 Å². The van der Waals surface area contributed by atoms with Crippen LogP contribution < -0.4 is 0 Å². The number of alkyl halides is 3. The van der Waals surface area contributed by atoms with Crippen molar-refractivity contribution in [2.75, 3.05) is 0 Å². The van der Waals surface area contributed by atoms with Gasteiger partial charge in [0.1, 0.15) is 0 Å². The number of nitrogens with zero attached hydrogens (tertiary/aromatic N) is 2. The Morgan fingerprint density at radius 2 is 1.84 bits per heavy atom. The molecule has 0 aliphatic heterocycles. The fraction of sp³-hybridized carbons (Fsp3) is 0.357. The van der Waals surface area contributed by atoms with Gasteiger partial charge in [-0.05, 0) is 36.6 Å². The highest BCUT2D eigenvalue weighted by atomic mass is 19.4. The topological polar surface area (TPSA) is 17.8 Å². The molecule has 0 atom stereocenters. The monoisotopic (exact) mass is 268 g/mol. The molecule has 0 saturated heterocycles. The average molecular weight is 268 g/mol. The van der Waals surface area contributed by atoms with Gasteiger partial charge in [-0.2, -0.15) is 18.3 Å². The molecule has 0 aliphatic carbocycles. The second-order valence-electron chi connectivity index (χ2n) is 4.84. The molecule has 0 aliphatic rings. The molecule has 0 radical (unpaired) electrons. The Hall–Kier alpha value is -1.78. The molecule has 0 amide bonds. The highest BCUT2D eigenvalue weighted by molar-refractivity contribution is 5.41. The van der Waals surface area contributed by atoms with E-state index in [2.05, 4.69) is 5.10 Å². The number of aromatic nitrogens is 2. The van der Waals surface area contributed by atoms with Crippen LogP contribution in [0.3, 0.4) is 0 Å². The minimum atomic E-state index is -4.34. The van der Waals surface area contributed by atoms with Gasteiger partial charge in [0, 0.05) is 6.20 Å². The number of halogens is 3. The van der Waals surface area contributed by atoms with E-state index in [0.29, 0.717) is 5.69 Å². The van der Waals surface area contributed by atoms with E-state index < -0.39 is 11.7 Å². The standard InChI is InChI=1S/C14H15F3N2/c1-9(2)13-6-7-19(18-13)11-5-4-10(3)12(8-11)14(15,16)17/h4-9H,1-3H3. The van der Waals surface area contributed by atoms with Crippen molar-refractivity contribution in [3.05, 3.63) is 47.3 Å². The number of hydrogen-bond donors (Lipinski definition) is 0. The van der Waals surface area contributed by atoms with Gasteiger partial charge in [0.25, 0.3) is 0 Å². The lowest BCUT2D eigenvalue weighted by Gasteiger charge is -2.12. The molecule has 0 bridgehead atoms. The van der Waals surface area contributed by atoms with E-state index in [-0.39, 0.29) is 11.5 Å². The van der Waals surface area contributed by atoms with Crippen molar-refractivity contribution in [3.63, 3.8) is 0 Å². The van der Waals surface area contributed by atoms with E-state index in [0.717, 1.165) is 11.8 Å². The van der Waals surface area contributed by atoms with Gasteiger partial charge < -0.3 is 0 Å². The Kier molecular flexibility index (Phi) is 3.39. The van der Waals surface area contributed by atoms with Crippen LogP contribution in [-0.2, 0) is 6.18 Å². The predicted octanol–water partition coefficient (Wildman–Crippen LogP) is 4.32. The Bertz CT molecular complexity index is 583. The maximum Gasteiger partial charge on any atom is 0.416 e. The summed E-state index contributed by atoms with van der Waals surface area (Å²) < 4.78 is 40.0. The van der Waals surface area contributed by atoms with E-state index in [9.17, 15) is 13.2 Å². The van der Waals surface area contributed by atoms with Gasteiger partial charge in [0.2, 0.25) is 0 Å². The van der Waals surface area contributed by atoms with Crippen molar-refractivity contribution in [3.8, 4) is 5.69 Å². The van der Waals surface area contributed by atoms with Crippen LogP contribution in [0.15, 0.2) is 30.5 Å². The fourth-order valence-corrected chi connectivity index (χ4v) is 1.85. The molecule has 0 N–H and O–H groups in total. The van der Waals surface area contributed by atoms with E-state index in [1.54, 1.807) is 12.3 Å². The lowest BCUT2D eigenvalue weighted by molar-refractivity contribution is -0.138. The molecular weight excluding hydrogens is 253 g/mol. The molecule has 0 saturated carbocycles. The molecule has 102 valence electrons. The Balaban J connectivity index is 2.45. The van der Waals surface area contributed by atoms with Gasteiger partial charge in [-0.25, -0.2) is 4.68 Å². The lowest BCUT2D eigenvalue weighted by Crippen LogP contribution is -2.09. The van der Waals surface area contributed by atoms with Crippen LogP contribution >= 0.6 is 0 Å². The molecule has 1 aromatic heterocycles. The fourth-order valence-electron chi connectivity index (χ4n) is 1.85. The van der Waals surface area contributed by atoms with Crippen LogP contribution in [-0.4, -0.2) is 9.78 Å². The molecule has 0 spiro atoms. The Labute approximate surface area is 109 Å². The number of benzene rings is 1. The quantitative estimate of drug-likeness (QED) is 0.793. The summed E-state index contributed by atoms with van der Waals surface area (Å²) >= 11 is 0. The van der Waals surface area contributed by atoms with Crippen LogP contribution in [0.25, 0.3) is 5.69 Å². The molecule has 0 unspecified atom stereocenters. The minimum absolute atomic E-state index is 0.215. The van der Waals surface area contributed by atoms with Gasteiger partial charge in [-0.1, -0.05) is 19.9 Å². The molecule has 5 heteroatoms. The van der Waals surface area contributed by atoms with Crippen LogP contribution in [0.4, 0.5) is 13.2 Å². The zero-order chi connectivity index (χ0) is 14.2. The summed E-state index contributed by atoms with van der Waals surface area (Å²) in [5, 5.41) is 4.28. The highest BCUT2D eigenvalue weighted by Gasteiger charge is 2.32. The second kappa shape index (κ2) is 4.72. The smallest absolute Gasteiger partial charge is 0.241 e. The van der Waals surface area contributed by atoms with E-state index >= 15 is 0 Å². The largest absolute Gasteiger partial charge is 0.416 e. The van der Waals surface area contributed by atoms with E-state index in [4.69, 9.17) is 0 Å². The minimum Gasteiger partial charge on any atom is -0.241 e. The number of aryl methyl sites for hydroxylation is 1. The summed E-state index contributed by atoms with van der Waals surface area (Å²) in [5.74, 6) is 0.244. The summed E-state index contributed by atoms with van der Waals surface area (Å²) in [4.78, 5) is 0. The maximum atomic E-state index is 12.8. The molecule has 2 aromatic rings. The van der Waals surface area contributed by atoms with Crippen molar-refractivity contribution in [1.29, 1.82) is 0 Å². The third-order valence-electron chi connectivity index (χ3n) is 2.99. The van der Waals surface area contributed by atoms with Gasteiger partial charge in [0.05, 0.1) is 16.9 Å². The van der Waals surface area contributed by atoms with Gasteiger partial charge in [0.15, 0.2) is 0 Å². The van der Waals surface area contributed by atoms with Crippen molar-refractivity contribution >= 4 is 0 Å².